The fraction of sp³-hybridized carbons (Fsp3) is 0.933. The Morgan fingerprint density at radius 2 is 1.84 bits per heavy atom. The van der Waals surface area contributed by atoms with Crippen LogP contribution in [0.5, 0.6) is 0 Å². The van der Waals surface area contributed by atoms with Gasteiger partial charge in [0.2, 0.25) is 5.91 Å². The summed E-state index contributed by atoms with van der Waals surface area (Å²) in [6.45, 7) is 3.67. The predicted octanol–water partition coefficient (Wildman–Crippen LogP) is 0.962. The summed E-state index contributed by atoms with van der Waals surface area (Å²) in [5, 5.41) is 3.72. The molecule has 3 N–H and O–H groups in total. The van der Waals surface area contributed by atoms with Crippen molar-refractivity contribution in [3.05, 3.63) is 0 Å². The molecule has 2 saturated carbocycles. The second-order valence-corrected chi connectivity index (χ2v) is 6.99. The number of likely N-dealkylation sites (tertiary alicyclic amines) is 1. The van der Waals surface area contributed by atoms with Crippen LogP contribution < -0.4 is 11.1 Å². The van der Waals surface area contributed by atoms with Gasteiger partial charge in [-0.25, -0.2) is 0 Å². The molecule has 108 valence electrons. The van der Waals surface area contributed by atoms with E-state index in [0.29, 0.717) is 12.6 Å². The number of rotatable bonds is 7. The van der Waals surface area contributed by atoms with E-state index in [1.807, 2.05) is 0 Å². The standard InChI is InChI=1S/C15H27N3O/c16-15(19)10-18-8-13(5-11-1-2-11)6-14(9-18)17-7-12-3-4-12/h11-14,17H,1-10H2,(H2,16,19). The molecule has 0 aromatic rings. The molecule has 1 amide bonds. The predicted molar refractivity (Wildman–Crippen MR) is 75.6 cm³/mol. The van der Waals surface area contributed by atoms with Crippen LogP contribution in [0, 0.1) is 17.8 Å². The number of piperidine rings is 1. The van der Waals surface area contributed by atoms with Crippen LogP contribution in [0.2, 0.25) is 0 Å². The lowest BCUT2D eigenvalue weighted by Crippen LogP contribution is -2.51. The zero-order chi connectivity index (χ0) is 13.2. The van der Waals surface area contributed by atoms with Crippen molar-refractivity contribution in [3.8, 4) is 0 Å². The third-order valence-corrected chi connectivity index (χ3v) is 4.75. The van der Waals surface area contributed by atoms with Crippen LogP contribution in [-0.2, 0) is 4.79 Å². The largest absolute Gasteiger partial charge is 0.369 e. The first-order chi connectivity index (χ1) is 9.19. The van der Waals surface area contributed by atoms with Gasteiger partial charge in [-0.1, -0.05) is 12.8 Å². The second kappa shape index (κ2) is 5.80. The maximum absolute atomic E-state index is 11.2. The van der Waals surface area contributed by atoms with E-state index >= 15 is 0 Å². The Labute approximate surface area is 116 Å². The van der Waals surface area contributed by atoms with Gasteiger partial charge in [-0.3, -0.25) is 9.69 Å². The number of hydrogen-bond acceptors (Lipinski definition) is 3. The highest BCUT2D eigenvalue weighted by molar-refractivity contribution is 5.75. The van der Waals surface area contributed by atoms with Gasteiger partial charge in [0.05, 0.1) is 6.54 Å². The Bertz CT molecular complexity index is 325. The van der Waals surface area contributed by atoms with Gasteiger partial charge in [0.15, 0.2) is 0 Å². The Hall–Kier alpha value is -0.610. The zero-order valence-electron chi connectivity index (χ0n) is 11.8. The smallest absolute Gasteiger partial charge is 0.231 e. The summed E-state index contributed by atoms with van der Waals surface area (Å²) in [6.07, 6.45) is 8.29. The van der Waals surface area contributed by atoms with Crippen molar-refractivity contribution in [2.24, 2.45) is 23.5 Å². The SMILES string of the molecule is NC(=O)CN1CC(CC2CC2)CC(NCC2CC2)C1. The van der Waals surface area contributed by atoms with E-state index in [1.165, 1.54) is 45.1 Å². The molecule has 2 aliphatic carbocycles. The average molecular weight is 265 g/mol. The van der Waals surface area contributed by atoms with Crippen molar-refractivity contribution in [3.63, 3.8) is 0 Å². The number of nitrogens with two attached hydrogens (primary N) is 1. The lowest BCUT2D eigenvalue weighted by atomic mass is 9.89. The minimum Gasteiger partial charge on any atom is -0.369 e. The maximum atomic E-state index is 11.2. The molecule has 1 aliphatic heterocycles. The van der Waals surface area contributed by atoms with Crippen LogP contribution in [0.1, 0.15) is 38.5 Å². The summed E-state index contributed by atoms with van der Waals surface area (Å²) in [5.41, 5.74) is 5.36. The van der Waals surface area contributed by atoms with Gasteiger partial charge in [0.1, 0.15) is 0 Å². The summed E-state index contributed by atoms with van der Waals surface area (Å²) in [4.78, 5) is 13.4. The van der Waals surface area contributed by atoms with E-state index in [1.54, 1.807) is 0 Å². The molecular formula is C15H27N3O. The highest BCUT2D eigenvalue weighted by Gasteiger charge is 2.33. The lowest BCUT2D eigenvalue weighted by molar-refractivity contribution is -0.119. The molecule has 3 rings (SSSR count). The van der Waals surface area contributed by atoms with Crippen LogP contribution in [-0.4, -0.2) is 43.0 Å². The van der Waals surface area contributed by atoms with Gasteiger partial charge in [-0.05, 0) is 50.0 Å². The van der Waals surface area contributed by atoms with Gasteiger partial charge < -0.3 is 11.1 Å². The van der Waals surface area contributed by atoms with Crippen molar-refractivity contribution in [2.45, 2.75) is 44.6 Å². The first kappa shape index (κ1) is 13.4. The lowest BCUT2D eigenvalue weighted by Gasteiger charge is -2.38. The minimum absolute atomic E-state index is 0.187. The fourth-order valence-electron chi connectivity index (χ4n) is 3.45. The first-order valence-electron chi connectivity index (χ1n) is 7.93. The molecule has 2 unspecified atom stereocenters. The van der Waals surface area contributed by atoms with Crippen LogP contribution in [0.25, 0.3) is 0 Å². The van der Waals surface area contributed by atoms with Crippen molar-refractivity contribution in [2.75, 3.05) is 26.2 Å². The molecule has 1 saturated heterocycles. The Morgan fingerprint density at radius 3 is 2.47 bits per heavy atom. The summed E-state index contributed by atoms with van der Waals surface area (Å²) < 4.78 is 0. The number of nitrogens with zero attached hydrogens (tertiary/aromatic N) is 1. The Kier molecular flexibility index (Phi) is 4.08. The molecule has 19 heavy (non-hydrogen) atoms. The van der Waals surface area contributed by atoms with Gasteiger partial charge in [0, 0.05) is 19.1 Å². The average Bonchev–Trinajstić information content (AvgIpc) is 3.20. The number of carbonyl (C=O) groups is 1. The Balaban J connectivity index is 1.50. The van der Waals surface area contributed by atoms with Gasteiger partial charge in [-0.15, -0.1) is 0 Å². The quantitative estimate of drug-likeness (QED) is 0.721. The Morgan fingerprint density at radius 1 is 1.11 bits per heavy atom. The molecule has 3 aliphatic rings. The molecule has 0 aromatic heterocycles. The van der Waals surface area contributed by atoms with Crippen molar-refractivity contribution in [1.29, 1.82) is 0 Å². The number of hydrogen-bond donors (Lipinski definition) is 2. The van der Waals surface area contributed by atoms with E-state index < -0.39 is 0 Å². The monoisotopic (exact) mass is 265 g/mol. The molecule has 4 nitrogen and oxygen atoms in total. The third-order valence-electron chi connectivity index (χ3n) is 4.75. The number of nitrogens with one attached hydrogen (secondary N) is 1. The highest BCUT2D eigenvalue weighted by atomic mass is 16.1. The van der Waals surface area contributed by atoms with Gasteiger partial charge in [-0.2, -0.15) is 0 Å². The molecule has 0 spiro atoms. The van der Waals surface area contributed by atoms with E-state index in [0.717, 1.165) is 30.8 Å². The topological polar surface area (TPSA) is 58.4 Å². The van der Waals surface area contributed by atoms with E-state index in [9.17, 15) is 4.79 Å². The molecule has 1 heterocycles. The fourth-order valence-corrected chi connectivity index (χ4v) is 3.45. The molecule has 0 aromatic carbocycles. The van der Waals surface area contributed by atoms with Crippen molar-refractivity contribution in [1.82, 2.24) is 10.2 Å². The van der Waals surface area contributed by atoms with Crippen LogP contribution in [0.15, 0.2) is 0 Å². The maximum Gasteiger partial charge on any atom is 0.231 e. The van der Waals surface area contributed by atoms with Crippen molar-refractivity contribution >= 4 is 5.91 Å². The molecular weight excluding hydrogens is 238 g/mol. The minimum atomic E-state index is -0.187. The van der Waals surface area contributed by atoms with Gasteiger partial charge >= 0.3 is 0 Å². The summed E-state index contributed by atoms with van der Waals surface area (Å²) in [6, 6.07) is 0.567. The van der Waals surface area contributed by atoms with Crippen LogP contribution in [0.4, 0.5) is 0 Å². The number of primary amides is 1. The molecule has 2 atom stereocenters. The molecule has 0 bridgehead atoms. The molecule has 4 heteroatoms. The summed E-state index contributed by atoms with van der Waals surface area (Å²) in [5.74, 6) is 2.47. The van der Waals surface area contributed by atoms with Gasteiger partial charge in [0.25, 0.3) is 0 Å². The molecule has 0 radical (unpaired) electrons. The van der Waals surface area contributed by atoms with E-state index in [2.05, 4.69) is 10.2 Å². The third kappa shape index (κ3) is 4.46. The summed E-state index contributed by atoms with van der Waals surface area (Å²) >= 11 is 0. The number of carbonyl (C=O) groups excluding carboxylic acids is 1. The van der Waals surface area contributed by atoms with Crippen LogP contribution >= 0.6 is 0 Å². The number of amides is 1. The molecule has 3 fully saturated rings. The normalized spacial score (nSPS) is 32.4. The first-order valence-corrected chi connectivity index (χ1v) is 7.93. The van der Waals surface area contributed by atoms with E-state index in [4.69, 9.17) is 5.73 Å². The second-order valence-electron chi connectivity index (χ2n) is 6.99. The summed E-state index contributed by atoms with van der Waals surface area (Å²) in [7, 11) is 0. The van der Waals surface area contributed by atoms with Crippen LogP contribution in [0.3, 0.4) is 0 Å². The highest BCUT2D eigenvalue weighted by Crippen LogP contribution is 2.38. The zero-order valence-corrected chi connectivity index (χ0v) is 11.8. The van der Waals surface area contributed by atoms with E-state index in [-0.39, 0.29) is 5.91 Å². The van der Waals surface area contributed by atoms with Crippen molar-refractivity contribution < 1.29 is 4.79 Å².